The number of hydrogen-bond donors (Lipinski definition) is 2. The Kier molecular flexibility index (Phi) is 3.57. The van der Waals surface area contributed by atoms with Crippen molar-refractivity contribution in [3.05, 3.63) is 44.6 Å². The smallest absolute Gasteiger partial charge is 0.382 e. The van der Waals surface area contributed by atoms with Crippen molar-refractivity contribution in [1.82, 2.24) is 9.55 Å². The molecule has 0 aliphatic rings. The molecule has 0 aliphatic carbocycles. The van der Waals surface area contributed by atoms with Gasteiger partial charge in [0.1, 0.15) is 11.6 Å². The second-order valence-electron chi connectivity index (χ2n) is 4.28. The van der Waals surface area contributed by atoms with E-state index in [4.69, 9.17) is 10.4 Å². The summed E-state index contributed by atoms with van der Waals surface area (Å²) >= 11 is 0. The SMILES string of the molecule is N#Cc1cc2c(=O)n(C[C@H](O)C(F)(F)F)ccc2[nH]c1=O. The molecule has 0 aromatic carbocycles. The fourth-order valence-electron chi connectivity index (χ4n) is 1.76. The number of aliphatic hydroxyl groups is 1. The highest BCUT2D eigenvalue weighted by Gasteiger charge is 2.38. The summed E-state index contributed by atoms with van der Waals surface area (Å²) in [5.74, 6) is 0. The first-order valence-corrected chi connectivity index (χ1v) is 5.65. The predicted octanol–water partition coefficient (Wildman–Crippen LogP) is 0.485. The zero-order chi connectivity index (χ0) is 15.8. The minimum absolute atomic E-state index is 0.0988. The maximum absolute atomic E-state index is 12.3. The number of aliphatic hydroxyl groups excluding tert-OH is 1. The van der Waals surface area contributed by atoms with Crippen LogP contribution in [0.2, 0.25) is 0 Å². The van der Waals surface area contributed by atoms with Gasteiger partial charge in [-0.2, -0.15) is 18.4 Å². The predicted molar refractivity (Wildman–Crippen MR) is 65.6 cm³/mol. The molecule has 0 bridgehead atoms. The Balaban J connectivity index is 2.57. The van der Waals surface area contributed by atoms with Crippen LogP contribution < -0.4 is 11.1 Å². The van der Waals surface area contributed by atoms with Crippen molar-refractivity contribution in [2.45, 2.75) is 18.8 Å². The number of halogens is 3. The van der Waals surface area contributed by atoms with Crippen LogP contribution in [0.5, 0.6) is 0 Å². The van der Waals surface area contributed by atoms with E-state index in [1.165, 1.54) is 6.07 Å². The molecule has 0 saturated heterocycles. The summed E-state index contributed by atoms with van der Waals surface area (Å²) in [5, 5.41) is 17.6. The minimum Gasteiger partial charge on any atom is -0.382 e. The quantitative estimate of drug-likeness (QED) is 0.842. The van der Waals surface area contributed by atoms with Crippen molar-refractivity contribution >= 4 is 10.9 Å². The summed E-state index contributed by atoms with van der Waals surface area (Å²) in [5.41, 5.74) is -1.77. The molecule has 9 heteroatoms. The van der Waals surface area contributed by atoms with Crippen LogP contribution in [0.1, 0.15) is 5.56 Å². The lowest BCUT2D eigenvalue weighted by Gasteiger charge is -2.16. The molecule has 2 aromatic rings. The topological polar surface area (TPSA) is 98.9 Å². The molecule has 0 spiro atoms. The molecular formula is C12H8F3N3O3. The molecule has 0 unspecified atom stereocenters. The van der Waals surface area contributed by atoms with Gasteiger partial charge in [0.05, 0.1) is 17.4 Å². The number of aromatic nitrogens is 2. The van der Waals surface area contributed by atoms with Crippen molar-refractivity contribution in [2.24, 2.45) is 0 Å². The lowest BCUT2D eigenvalue weighted by Crippen LogP contribution is -2.36. The molecule has 110 valence electrons. The van der Waals surface area contributed by atoms with E-state index >= 15 is 0 Å². The number of alkyl halides is 3. The molecule has 2 N–H and O–H groups in total. The zero-order valence-corrected chi connectivity index (χ0v) is 10.3. The third kappa shape index (κ3) is 2.80. The summed E-state index contributed by atoms with van der Waals surface area (Å²) < 4.78 is 37.6. The van der Waals surface area contributed by atoms with Gasteiger partial charge in [-0.1, -0.05) is 0 Å². The van der Waals surface area contributed by atoms with Gasteiger partial charge in [-0.3, -0.25) is 9.59 Å². The van der Waals surface area contributed by atoms with Gasteiger partial charge in [0, 0.05) is 6.20 Å². The molecular weight excluding hydrogens is 291 g/mol. The highest BCUT2D eigenvalue weighted by Crippen LogP contribution is 2.21. The van der Waals surface area contributed by atoms with Crippen molar-refractivity contribution in [3.8, 4) is 6.07 Å². The second-order valence-corrected chi connectivity index (χ2v) is 4.28. The molecule has 2 rings (SSSR count). The van der Waals surface area contributed by atoms with E-state index in [9.17, 15) is 22.8 Å². The summed E-state index contributed by atoms with van der Waals surface area (Å²) in [4.78, 5) is 25.7. The number of aromatic amines is 1. The van der Waals surface area contributed by atoms with Crippen molar-refractivity contribution in [3.63, 3.8) is 0 Å². The number of nitrogens with zero attached hydrogens (tertiary/aromatic N) is 2. The van der Waals surface area contributed by atoms with Crippen molar-refractivity contribution in [1.29, 1.82) is 5.26 Å². The van der Waals surface area contributed by atoms with Crippen molar-refractivity contribution < 1.29 is 18.3 Å². The monoisotopic (exact) mass is 299 g/mol. The van der Waals surface area contributed by atoms with Gasteiger partial charge in [-0.25, -0.2) is 0 Å². The Labute approximate surface area is 114 Å². The van der Waals surface area contributed by atoms with E-state index in [1.807, 2.05) is 0 Å². The van der Waals surface area contributed by atoms with Gasteiger partial charge in [-0.15, -0.1) is 0 Å². The van der Waals surface area contributed by atoms with E-state index in [1.54, 1.807) is 6.07 Å². The van der Waals surface area contributed by atoms with E-state index in [-0.39, 0.29) is 16.5 Å². The van der Waals surface area contributed by atoms with Gasteiger partial charge in [0.15, 0.2) is 6.10 Å². The third-order valence-electron chi connectivity index (χ3n) is 2.85. The Morgan fingerprint density at radius 1 is 1.43 bits per heavy atom. The number of rotatable bonds is 2. The maximum Gasteiger partial charge on any atom is 0.416 e. The van der Waals surface area contributed by atoms with E-state index in [0.29, 0.717) is 4.57 Å². The summed E-state index contributed by atoms with van der Waals surface area (Å²) in [6.45, 7) is -0.973. The average molecular weight is 299 g/mol. The van der Waals surface area contributed by atoms with Crippen LogP contribution in [0.4, 0.5) is 13.2 Å². The average Bonchev–Trinajstić information content (AvgIpc) is 2.40. The van der Waals surface area contributed by atoms with Crippen LogP contribution in [-0.4, -0.2) is 26.9 Å². The first-order valence-electron chi connectivity index (χ1n) is 5.65. The second kappa shape index (κ2) is 5.06. The molecule has 0 saturated carbocycles. The molecule has 0 amide bonds. The molecule has 21 heavy (non-hydrogen) atoms. The van der Waals surface area contributed by atoms with Crippen LogP contribution in [0.25, 0.3) is 10.9 Å². The number of pyridine rings is 2. The Bertz CT molecular complexity index is 845. The largest absolute Gasteiger partial charge is 0.416 e. The zero-order valence-electron chi connectivity index (χ0n) is 10.3. The number of nitriles is 1. The van der Waals surface area contributed by atoms with Crippen molar-refractivity contribution in [2.75, 3.05) is 0 Å². The van der Waals surface area contributed by atoms with Crippen LogP contribution in [0.15, 0.2) is 27.9 Å². The number of nitrogens with one attached hydrogen (secondary N) is 1. The molecule has 2 aromatic heterocycles. The molecule has 1 atom stereocenters. The van der Waals surface area contributed by atoms with E-state index < -0.39 is 29.9 Å². The Hall–Kier alpha value is -2.60. The van der Waals surface area contributed by atoms with E-state index in [2.05, 4.69) is 4.98 Å². The molecule has 0 aliphatic heterocycles. The van der Waals surface area contributed by atoms with Crippen LogP contribution >= 0.6 is 0 Å². The lowest BCUT2D eigenvalue weighted by molar-refractivity contribution is -0.207. The van der Waals surface area contributed by atoms with Crippen LogP contribution in [0, 0.1) is 11.3 Å². The molecule has 2 heterocycles. The summed E-state index contributed by atoms with van der Waals surface area (Å²) in [6.07, 6.45) is -6.51. The van der Waals surface area contributed by atoms with Crippen LogP contribution in [0.3, 0.4) is 0 Å². The molecule has 0 fully saturated rings. The van der Waals surface area contributed by atoms with Gasteiger partial charge < -0.3 is 14.7 Å². The third-order valence-corrected chi connectivity index (χ3v) is 2.85. The number of hydrogen-bond acceptors (Lipinski definition) is 4. The fraction of sp³-hybridized carbons (Fsp3) is 0.250. The van der Waals surface area contributed by atoms with Gasteiger partial charge in [0.25, 0.3) is 11.1 Å². The first kappa shape index (κ1) is 14.8. The number of H-pyrrole nitrogens is 1. The Morgan fingerprint density at radius 2 is 2.10 bits per heavy atom. The minimum atomic E-state index is -4.85. The summed E-state index contributed by atoms with van der Waals surface area (Å²) in [6, 6.07) is 3.81. The Morgan fingerprint density at radius 3 is 2.67 bits per heavy atom. The molecule has 6 nitrogen and oxygen atoms in total. The summed E-state index contributed by atoms with van der Waals surface area (Å²) in [7, 11) is 0. The fourth-order valence-corrected chi connectivity index (χ4v) is 1.76. The normalized spacial score (nSPS) is 13.1. The molecule has 0 radical (unpaired) electrons. The lowest BCUT2D eigenvalue weighted by atomic mass is 10.2. The van der Waals surface area contributed by atoms with Gasteiger partial charge in [0.2, 0.25) is 0 Å². The number of fused-ring (bicyclic) bond motifs is 1. The van der Waals surface area contributed by atoms with Gasteiger partial charge >= 0.3 is 6.18 Å². The standard InChI is InChI=1S/C12H8F3N3O3/c13-12(14,15)9(19)5-18-2-1-8-7(11(18)21)3-6(4-16)10(20)17-8/h1-3,9,19H,5H2,(H,17,20)/t9-/m0/s1. The van der Waals surface area contributed by atoms with Gasteiger partial charge in [-0.05, 0) is 12.1 Å². The maximum atomic E-state index is 12.3. The van der Waals surface area contributed by atoms with Crippen LogP contribution in [-0.2, 0) is 6.54 Å². The highest BCUT2D eigenvalue weighted by atomic mass is 19.4. The van der Waals surface area contributed by atoms with E-state index in [0.717, 1.165) is 12.3 Å². The highest BCUT2D eigenvalue weighted by molar-refractivity contribution is 5.78. The first-order chi connectivity index (χ1) is 9.74.